The van der Waals surface area contributed by atoms with Gasteiger partial charge in [0.25, 0.3) is 5.91 Å². The number of hydrogen-bond acceptors (Lipinski definition) is 4. The third kappa shape index (κ3) is 3.62. The van der Waals surface area contributed by atoms with Gasteiger partial charge in [-0.25, -0.2) is 4.79 Å². The Morgan fingerprint density at radius 1 is 1.33 bits per heavy atom. The predicted octanol–water partition coefficient (Wildman–Crippen LogP) is 2.98. The molecule has 0 radical (unpaired) electrons. The molecule has 1 saturated heterocycles. The second-order valence-electron chi connectivity index (χ2n) is 5.97. The smallest absolute Gasteiger partial charge is 0.312 e. The number of nitrogens with one attached hydrogen (secondary N) is 1. The van der Waals surface area contributed by atoms with Crippen LogP contribution in [0.4, 0.5) is 4.79 Å². The molecule has 0 spiro atoms. The van der Waals surface area contributed by atoms with E-state index in [0.29, 0.717) is 18.0 Å². The number of rotatable bonds is 4. The number of piperidine rings is 1. The number of carbonyl (C=O) groups is 2. The third-order valence-corrected chi connectivity index (χ3v) is 5.29. The van der Waals surface area contributed by atoms with Crippen molar-refractivity contribution in [2.45, 2.75) is 32.2 Å². The van der Waals surface area contributed by atoms with Gasteiger partial charge in [0.1, 0.15) is 11.5 Å². The third-order valence-electron chi connectivity index (χ3n) is 4.20. The summed E-state index contributed by atoms with van der Waals surface area (Å²) < 4.78 is 5.62. The molecule has 0 aliphatic carbocycles. The standard InChI is InChI=1S/C17H21N3O3S/c1-11-5-6-13(23-11)14-7-8-15(24-14)16(21)20-9-3-2-4-12(20)10-19-17(18)22/h5-8,12H,2-4,9-10H2,1H3,(H3,18,19,22)/t12-/m1/s1. The Balaban J connectivity index is 1.74. The second-order valence-corrected chi connectivity index (χ2v) is 7.05. The van der Waals surface area contributed by atoms with Gasteiger partial charge < -0.3 is 20.4 Å². The summed E-state index contributed by atoms with van der Waals surface area (Å²) in [5.74, 6) is 1.63. The Bertz CT molecular complexity index is 737. The molecule has 2 aromatic rings. The average molecular weight is 347 g/mol. The van der Waals surface area contributed by atoms with Gasteiger partial charge in [0.2, 0.25) is 0 Å². The highest BCUT2D eigenvalue weighted by atomic mass is 32.1. The number of furan rings is 1. The lowest BCUT2D eigenvalue weighted by Gasteiger charge is -2.35. The van der Waals surface area contributed by atoms with E-state index in [1.165, 1.54) is 11.3 Å². The van der Waals surface area contributed by atoms with Crippen molar-refractivity contribution < 1.29 is 14.0 Å². The molecule has 1 aliphatic rings. The zero-order valence-electron chi connectivity index (χ0n) is 13.6. The zero-order chi connectivity index (χ0) is 17.1. The molecule has 1 fully saturated rings. The summed E-state index contributed by atoms with van der Waals surface area (Å²) in [6.45, 7) is 3.00. The van der Waals surface area contributed by atoms with Crippen LogP contribution in [0.3, 0.4) is 0 Å². The van der Waals surface area contributed by atoms with Crippen LogP contribution in [0, 0.1) is 6.92 Å². The molecule has 0 unspecified atom stereocenters. The maximum absolute atomic E-state index is 12.9. The molecule has 1 aliphatic heterocycles. The van der Waals surface area contributed by atoms with Crippen molar-refractivity contribution in [2.75, 3.05) is 13.1 Å². The van der Waals surface area contributed by atoms with E-state index in [9.17, 15) is 9.59 Å². The molecule has 0 bridgehead atoms. The lowest BCUT2D eigenvalue weighted by atomic mass is 10.0. The first kappa shape index (κ1) is 16.6. The summed E-state index contributed by atoms with van der Waals surface area (Å²) in [6.07, 6.45) is 2.91. The van der Waals surface area contributed by atoms with Gasteiger partial charge in [-0.2, -0.15) is 0 Å². The number of hydrogen-bond donors (Lipinski definition) is 2. The molecule has 3 rings (SSSR count). The van der Waals surface area contributed by atoms with Crippen LogP contribution < -0.4 is 11.1 Å². The van der Waals surface area contributed by atoms with E-state index >= 15 is 0 Å². The quantitative estimate of drug-likeness (QED) is 0.891. The number of aryl methyl sites for hydroxylation is 1. The summed E-state index contributed by atoms with van der Waals surface area (Å²) in [5, 5.41) is 2.62. The van der Waals surface area contributed by atoms with Crippen molar-refractivity contribution in [3.63, 3.8) is 0 Å². The highest BCUT2D eigenvalue weighted by molar-refractivity contribution is 7.17. The largest absolute Gasteiger partial charge is 0.461 e. The highest BCUT2D eigenvalue weighted by Crippen LogP contribution is 2.31. The number of urea groups is 1. The van der Waals surface area contributed by atoms with Crippen molar-refractivity contribution >= 4 is 23.3 Å². The van der Waals surface area contributed by atoms with Crippen molar-refractivity contribution in [1.29, 1.82) is 0 Å². The number of thiophene rings is 1. The zero-order valence-corrected chi connectivity index (χ0v) is 14.4. The molecule has 0 saturated carbocycles. The molecule has 7 heteroatoms. The maximum Gasteiger partial charge on any atom is 0.312 e. The van der Waals surface area contributed by atoms with Crippen LogP contribution in [-0.4, -0.2) is 36.0 Å². The minimum Gasteiger partial charge on any atom is -0.461 e. The predicted molar refractivity (Wildman–Crippen MR) is 93.0 cm³/mol. The fourth-order valence-corrected chi connectivity index (χ4v) is 3.92. The Morgan fingerprint density at radius 2 is 2.17 bits per heavy atom. The van der Waals surface area contributed by atoms with Gasteiger partial charge in [-0.05, 0) is 50.5 Å². The highest BCUT2D eigenvalue weighted by Gasteiger charge is 2.28. The van der Waals surface area contributed by atoms with E-state index in [1.807, 2.05) is 36.1 Å². The molecule has 2 aromatic heterocycles. The normalized spacial score (nSPS) is 17.7. The number of likely N-dealkylation sites (tertiary alicyclic amines) is 1. The van der Waals surface area contributed by atoms with E-state index in [1.54, 1.807) is 0 Å². The van der Waals surface area contributed by atoms with Crippen LogP contribution in [0.25, 0.3) is 10.6 Å². The molecule has 3 heterocycles. The second kappa shape index (κ2) is 7.09. The van der Waals surface area contributed by atoms with Crippen molar-refractivity contribution in [2.24, 2.45) is 5.73 Å². The van der Waals surface area contributed by atoms with Crippen molar-refractivity contribution in [1.82, 2.24) is 10.2 Å². The van der Waals surface area contributed by atoms with Gasteiger partial charge in [0.15, 0.2) is 0 Å². The molecule has 128 valence electrons. The summed E-state index contributed by atoms with van der Waals surface area (Å²) in [6, 6.07) is 7.02. The van der Waals surface area contributed by atoms with E-state index in [0.717, 1.165) is 35.7 Å². The number of primary amides is 1. The Labute approximate surface area is 144 Å². The molecule has 1 atom stereocenters. The Kier molecular flexibility index (Phi) is 4.89. The Hall–Kier alpha value is -2.28. The van der Waals surface area contributed by atoms with E-state index < -0.39 is 6.03 Å². The van der Waals surface area contributed by atoms with Gasteiger partial charge in [0, 0.05) is 19.1 Å². The van der Waals surface area contributed by atoms with Gasteiger partial charge in [-0.1, -0.05) is 0 Å². The minimum atomic E-state index is -0.556. The van der Waals surface area contributed by atoms with Crippen LogP contribution in [0.5, 0.6) is 0 Å². The molecule has 3 amide bonds. The van der Waals surface area contributed by atoms with Crippen LogP contribution in [-0.2, 0) is 0 Å². The Morgan fingerprint density at radius 3 is 2.88 bits per heavy atom. The summed E-state index contributed by atoms with van der Waals surface area (Å²) in [4.78, 5) is 27.3. The number of nitrogens with two attached hydrogens (primary N) is 1. The summed E-state index contributed by atoms with van der Waals surface area (Å²) in [5.41, 5.74) is 5.15. The van der Waals surface area contributed by atoms with Crippen molar-refractivity contribution in [3.8, 4) is 10.6 Å². The topological polar surface area (TPSA) is 88.6 Å². The van der Waals surface area contributed by atoms with E-state index in [4.69, 9.17) is 10.2 Å². The maximum atomic E-state index is 12.9. The molecule has 0 aromatic carbocycles. The number of nitrogens with zero attached hydrogens (tertiary/aromatic N) is 1. The first-order chi connectivity index (χ1) is 11.5. The van der Waals surface area contributed by atoms with Crippen LogP contribution >= 0.6 is 11.3 Å². The minimum absolute atomic E-state index is 0.00448. The molecular weight excluding hydrogens is 326 g/mol. The van der Waals surface area contributed by atoms with Crippen LogP contribution in [0.15, 0.2) is 28.7 Å². The van der Waals surface area contributed by atoms with Gasteiger partial charge in [-0.15, -0.1) is 11.3 Å². The lowest BCUT2D eigenvalue weighted by molar-refractivity contribution is 0.0620. The first-order valence-electron chi connectivity index (χ1n) is 8.05. The summed E-state index contributed by atoms with van der Waals surface area (Å²) >= 11 is 1.43. The van der Waals surface area contributed by atoms with E-state index in [2.05, 4.69) is 5.32 Å². The van der Waals surface area contributed by atoms with Gasteiger partial charge in [-0.3, -0.25) is 4.79 Å². The molecule has 3 N–H and O–H groups in total. The lowest BCUT2D eigenvalue weighted by Crippen LogP contribution is -2.50. The van der Waals surface area contributed by atoms with Crippen molar-refractivity contribution in [3.05, 3.63) is 34.9 Å². The number of carbonyl (C=O) groups excluding carboxylic acids is 2. The number of amides is 3. The van der Waals surface area contributed by atoms with Gasteiger partial charge >= 0.3 is 6.03 Å². The summed E-state index contributed by atoms with van der Waals surface area (Å²) in [7, 11) is 0. The van der Waals surface area contributed by atoms with Crippen LogP contribution in [0.2, 0.25) is 0 Å². The first-order valence-corrected chi connectivity index (χ1v) is 8.87. The fraction of sp³-hybridized carbons (Fsp3) is 0.412. The van der Waals surface area contributed by atoms with E-state index in [-0.39, 0.29) is 11.9 Å². The molecular formula is C17H21N3O3S. The average Bonchev–Trinajstić information content (AvgIpc) is 3.21. The van der Waals surface area contributed by atoms with Gasteiger partial charge in [0.05, 0.1) is 9.75 Å². The molecule has 24 heavy (non-hydrogen) atoms. The molecule has 6 nitrogen and oxygen atoms in total. The fourth-order valence-electron chi connectivity index (χ4n) is 2.99. The SMILES string of the molecule is Cc1ccc(-c2ccc(C(=O)N3CCCC[C@@H]3CNC(N)=O)s2)o1. The van der Waals surface area contributed by atoms with Crippen LogP contribution in [0.1, 0.15) is 34.7 Å². The monoisotopic (exact) mass is 347 g/mol.